The highest BCUT2D eigenvalue weighted by Gasteiger charge is 2.18. The van der Waals surface area contributed by atoms with E-state index in [0.717, 1.165) is 24.0 Å². The highest BCUT2D eigenvalue weighted by atomic mass is 16.5. The van der Waals surface area contributed by atoms with Crippen molar-refractivity contribution in [1.82, 2.24) is 0 Å². The highest BCUT2D eigenvalue weighted by molar-refractivity contribution is 5.88. The Morgan fingerprint density at radius 1 is 0.816 bits per heavy atom. The molecule has 0 radical (unpaired) electrons. The first-order valence-corrected chi connectivity index (χ1v) is 13.4. The van der Waals surface area contributed by atoms with E-state index in [-0.39, 0.29) is 49.9 Å². The van der Waals surface area contributed by atoms with Crippen LogP contribution in [0.1, 0.15) is 50.2 Å². The first-order chi connectivity index (χ1) is 18.4. The average molecular weight is 523 g/mol. The van der Waals surface area contributed by atoms with E-state index < -0.39 is 11.9 Å². The number of hydrogen-bond acceptors (Lipinski definition) is 6. The fourth-order valence-corrected chi connectivity index (χ4v) is 3.95. The Morgan fingerprint density at radius 2 is 1.34 bits per heavy atom. The summed E-state index contributed by atoms with van der Waals surface area (Å²) >= 11 is 0. The van der Waals surface area contributed by atoms with Crippen LogP contribution in [0.2, 0.25) is 0 Å². The normalized spacial score (nSPS) is 11.6. The van der Waals surface area contributed by atoms with Crippen molar-refractivity contribution >= 4 is 11.9 Å². The van der Waals surface area contributed by atoms with Gasteiger partial charge in [0.05, 0.1) is 25.4 Å². The van der Waals surface area contributed by atoms with Gasteiger partial charge >= 0.3 is 11.9 Å². The van der Waals surface area contributed by atoms with Crippen LogP contribution in [0.4, 0.5) is 0 Å². The summed E-state index contributed by atoms with van der Waals surface area (Å²) in [4.78, 5) is 24.3. The van der Waals surface area contributed by atoms with Crippen molar-refractivity contribution in [3.05, 3.63) is 84.0 Å². The maximum absolute atomic E-state index is 12.2. The summed E-state index contributed by atoms with van der Waals surface area (Å²) in [7, 11) is 1.48. The maximum atomic E-state index is 12.2. The van der Waals surface area contributed by atoms with Gasteiger partial charge in [0.25, 0.3) is 0 Å². The zero-order valence-corrected chi connectivity index (χ0v) is 22.9. The Balaban J connectivity index is 1.96. The number of aliphatic hydroxyl groups excluding tert-OH is 1. The van der Waals surface area contributed by atoms with Crippen molar-refractivity contribution in [2.75, 3.05) is 33.5 Å². The van der Waals surface area contributed by atoms with E-state index in [4.69, 9.17) is 19.3 Å². The molecule has 0 amide bonds. The van der Waals surface area contributed by atoms with E-state index in [9.17, 15) is 9.59 Å². The third-order valence-corrected chi connectivity index (χ3v) is 6.36. The number of unbranched alkanes of at least 4 members (excludes halogenated alkanes) is 2. The Kier molecular flexibility index (Phi) is 14.1. The molecule has 0 spiro atoms. The van der Waals surface area contributed by atoms with E-state index >= 15 is 0 Å². The lowest BCUT2D eigenvalue weighted by atomic mass is 9.97. The third kappa shape index (κ3) is 11.0. The Bertz CT molecular complexity index is 989. The first-order valence-electron chi connectivity index (χ1n) is 13.4. The molecule has 1 N–H and O–H groups in total. The lowest BCUT2D eigenvalue weighted by molar-refractivity contribution is -0.144. The molecule has 2 rings (SSSR count). The lowest BCUT2D eigenvalue weighted by Gasteiger charge is -2.18. The number of methoxy groups -OCH3 is 1. The number of esters is 2. The Labute approximate surface area is 227 Å². The first kappa shape index (κ1) is 31.0. The number of aryl methyl sites for hydroxylation is 2. The van der Waals surface area contributed by atoms with Crippen molar-refractivity contribution < 1.29 is 28.9 Å². The molecule has 0 aromatic heterocycles. The van der Waals surface area contributed by atoms with E-state index in [1.807, 2.05) is 0 Å². The van der Waals surface area contributed by atoms with Crippen molar-refractivity contribution in [3.63, 3.8) is 0 Å². The fraction of sp³-hybridized carbons (Fsp3) is 0.438. The van der Waals surface area contributed by atoms with E-state index in [1.165, 1.54) is 37.5 Å². The number of hydrogen-bond donors (Lipinski definition) is 1. The summed E-state index contributed by atoms with van der Waals surface area (Å²) in [6.45, 7) is 9.62. The Hall–Kier alpha value is -3.22. The molecule has 0 saturated carbocycles. The quantitative estimate of drug-likeness (QED) is 0.150. The van der Waals surface area contributed by atoms with Gasteiger partial charge in [0.1, 0.15) is 0 Å². The summed E-state index contributed by atoms with van der Waals surface area (Å²) in [5, 5.41) is 9.01. The van der Waals surface area contributed by atoms with Gasteiger partial charge in [-0.1, -0.05) is 81.5 Å². The standard InChI is InChI=1S/C32H42O6/c1-5-6-7-8-26-11-15-29(16-12-26)30-17-13-27(14-18-30)9-10-28(22-37-31(34)24(2)19-20-33)23-38-32(35)25(3)21-36-4/h11-18,28,33H,2-3,5-10,19-23H2,1,4H3. The van der Waals surface area contributed by atoms with Crippen LogP contribution in [-0.4, -0.2) is 50.6 Å². The molecule has 0 aliphatic heterocycles. The monoisotopic (exact) mass is 522 g/mol. The third-order valence-electron chi connectivity index (χ3n) is 6.36. The molecule has 1 unspecified atom stereocenters. The van der Waals surface area contributed by atoms with Gasteiger partial charge < -0.3 is 19.3 Å². The summed E-state index contributed by atoms with van der Waals surface area (Å²) < 4.78 is 15.7. The van der Waals surface area contributed by atoms with Gasteiger partial charge in [-0.3, -0.25) is 0 Å². The van der Waals surface area contributed by atoms with Gasteiger partial charge in [0.15, 0.2) is 0 Å². The van der Waals surface area contributed by atoms with Crippen LogP contribution in [0.25, 0.3) is 11.1 Å². The van der Waals surface area contributed by atoms with Crippen LogP contribution in [0.15, 0.2) is 72.8 Å². The van der Waals surface area contributed by atoms with E-state index in [2.05, 4.69) is 68.6 Å². The SMILES string of the molecule is C=C(CCO)C(=O)OCC(CCc1ccc(-c2ccc(CCCCC)cc2)cc1)COC(=O)C(=C)COC. The predicted molar refractivity (Wildman–Crippen MR) is 151 cm³/mol. The second kappa shape index (κ2) is 17.3. The number of carbonyl (C=O) groups excluding carboxylic acids is 2. The summed E-state index contributed by atoms with van der Waals surface area (Å²) in [6.07, 6.45) is 6.37. The summed E-state index contributed by atoms with van der Waals surface area (Å²) in [5.74, 6) is -1.30. The van der Waals surface area contributed by atoms with E-state index in [0.29, 0.717) is 6.42 Å². The molecule has 2 aromatic rings. The molecular weight excluding hydrogens is 480 g/mol. The summed E-state index contributed by atoms with van der Waals surface area (Å²) in [5.41, 5.74) is 5.29. The molecule has 0 fully saturated rings. The Morgan fingerprint density at radius 3 is 1.84 bits per heavy atom. The molecule has 38 heavy (non-hydrogen) atoms. The molecule has 1 atom stereocenters. The zero-order chi connectivity index (χ0) is 27.8. The van der Waals surface area contributed by atoms with Gasteiger partial charge in [-0.05, 0) is 47.9 Å². The number of carbonyl (C=O) groups is 2. The zero-order valence-electron chi connectivity index (χ0n) is 22.9. The summed E-state index contributed by atoms with van der Waals surface area (Å²) in [6, 6.07) is 17.2. The number of ether oxygens (including phenoxy) is 3. The van der Waals surface area contributed by atoms with Crippen LogP contribution in [-0.2, 0) is 36.6 Å². The molecule has 6 heteroatoms. The minimum Gasteiger partial charge on any atom is -0.462 e. The van der Waals surface area contributed by atoms with Crippen molar-refractivity contribution in [3.8, 4) is 11.1 Å². The molecule has 0 heterocycles. The van der Waals surface area contributed by atoms with Gasteiger partial charge in [-0.15, -0.1) is 0 Å². The fourth-order valence-electron chi connectivity index (χ4n) is 3.95. The van der Waals surface area contributed by atoms with Crippen molar-refractivity contribution in [2.24, 2.45) is 5.92 Å². The molecule has 0 aliphatic rings. The van der Waals surface area contributed by atoms with Gasteiger partial charge in [-0.2, -0.15) is 0 Å². The minimum atomic E-state index is -0.556. The molecule has 0 bridgehead atoms. The van der Waals surface area contributed by atoms with Gasteiger partial charge in [0, 0.05) is 31.6 Å². The second-order valence-electron chi connectivity index (χ2n) is 9.57. The van der Waals surface area contributed by atoms with Gasteiger partial charge in [0.2, 0.25) is 0 Å². The topological polar surface area (TPSA) is 82.1 Å². The molecular formula is C32H42O6. The number of rotatable bonds is 18. The van der Waals surface area contributed by atoms with Crippen LogP contribution in [0, 0.1) is 5.92 Å². The smallest absolute Gasteiger partial charge is 0.335 e. The van der Waals surface area contributed by atoms with Crippen LogP contribution in [0.5, 0.6) is 0 Å². The van der Waals surface area contributed by atoms with Crippen molar-refractivity contribution in [1.29, 1.82) is 0 Å². The molecule has 206 valence electrons. The number of aliphatic hydroxyl groups is 1. The van der Waals surface area contributed by atoms with Crippen LogP contribution >= 0.6 is 0 Å². The minimum absolute atomic E-state index is 0.0794. The van der Waals surface area contributed by atoms with Gasteiger partial charge in [-0.25, -0.2) is 9.59 Å². The predicted octanol–water partition coefficient (Wildman–Crippen LogP) is 5.86. The highest BCUT2D eigenvalue weighted by Crippen LogP contribution is 2.22. The van der Waals surface area contributed by atoms with E-state index in [1.54, 1.807) is 0 Å². The molecule has 2 aromatic carbocycles. The second-order valence-corrected chi connectivity index (χ2v) is 9.57. The van der Waals surface area contributed by atoms with Crippen LogP contribution < -0.4 is 0 Å². The van der Waals surface area contributed by atoms with Crippen LogP contribution in [0.3, 0.4) is 0 Å². The average Bonchev–Trinajstić information content (AvgIpc) is 2.93. The van der Waals surface area contributed by atoms with Crippen molar-refractivity contribution in [2.45, 2.75) is 51.9 Å². The molecule has 0 saturated heterocycles. The largest absolute Gasteiger partial charge is 0.462 e. The number of benzene rings is 2. The molecule has 0 aliphatic carbocycles. The maximum Gasteiger partial charge on any atom is 0.335 e. The lowest BCUT2D eigenvalue weighted by Crippen LogP contribution is -2.23. The molecule has 6 nitrogen and oxygen atoms in total.